The van der Waals surface area contributed by atoms with Gasteiger partial charge in [-0.1, -0.05) is 0 Å². The number of nitro benzene ring substituents is 1. The van der Waals surface area contributed by atoms with E-state index in [4.69, 9.17) is 4.74 Å². The van der Waals surface area contributed by atoms with Gasteiger partial charge in [0.15, 0.2) is 0 Å². The van der Waals surface area contributed by atoms with Crippen molar-refractivity contribution in [3.8, 4) is 0 Å². The molecule has 0 heterocycles. The summed E-state index contributed by atoms with van der Waals surface area (Å²) in [5.41, 5.74) is 0.00607. The zero-order valence-electron chi connectivity index (χ0n) is 12.4. The van der Waals surface area contributed by atoms with Gasteiger partial charge in [-0.25, -0.2) is 8.42 Å². The molecule has 0 fully saturated rings. The average Bonchev–Trinajstić information content (AvgIpc) is 2.45. The van der Waals surface area contributed by atoms with Crippen molar-refractivity contribution in [3.05, 3.63) is 28.3 Å². The fourth-order valence-electron chi connectivity index (χ4n) is 1.79. The van der Waals surface area contributed by atoms with Crippen LogP contribution < -0.4 is 5.32 Å². The first-order valence-electron chi connectivity index (χ1n) is 6.18. The maximum Gasteiger partial charge on any atom is 0.271 e. The molecule has 1 aromatic rings. The lowest BCUT2D eigenvalue weighted by molar-refractivity contribution is -0.384. The van der Waals surface area contributed by atoms with E-state index in [1.165, 1.54) is 43.7 Å². The molecule has 0 bridgehead atoms. The van der Waals surface area contributed by atoms with E-state index in [2.05, 4.69) is 5.32 Å². The smallest absolute Gasteiger partial charge is 0.271 e. The minimum atomic E-state index is -3.78. The van der Waals surface area contributed by atoms with Crippen LogP contribution in [0.2, 0.25) is 0 Å². The lowest BCUT2D eigenvalue weighted by Crippen LogP contribution is -2.38. The molecule has 0 aliphatic heterocycles. The molecule has 0 spiro atoms. The van der Waals surface area contributed by atoms with Gasteiger partial charge < -0.3 is 10.1 Å². The van der Waals surface area contributed by atoms with Gasteiger partial charge in [-0.2, -0.15) is 4.31 Å². The van der Waals surface area contributed by atoms with Crippen molar-refractivity contribution in [2.24, 2.45) is 0 Å². The monoisotopic (exact) mass is 317 g/mol. The number of benzene rings is 1. The first-order valence-corrected chi connectivity index (χ1v) is 7.62. The minimum Gasteiger partial charge on any atom is -0.387 e. The maximum absolute atomic E-state index is 12.6. The number of ether oxygens (including phenoxy) is 1. The van der Waals surface area contributed by atoms with Crippen LogP contribution in [0.15, 0.2) is 23.1 Å². The normalized spacial score (nSPS) is 13.2. The predicted molar refractivity (Wildman–Crippen MR) is 78.9 cm³/mol. The zero-order chi connectivity index (χ0) is 16.2. The van der Waals surface area contributed by atoms with Crippen molar-refractivity contribution in [3.63, 3.8) is 0 Å². The van der Waals surface area contributed by atoms with E-state index in [9.17, 15) is 18.5 Å². The van der Waals surface area contributed by atoms with Gasteiger partial charge in [0.1, 0.15) is 4.90 Å². The summed E-state index contributed by atoms with van der Waals surface area (Å²) in [4.78, 5) is 10.2. The van der Waals surface area contributed by atoms with Gasteiger partial charge in [-0.15, -0.1) is 0 Å². The van der Waals surface area contributed by atoms with Crippen molar-refractivity contribution in [2.45, 2.75) is 17.9 Å². The molecule has 0 radical (unpaired) electrons. The van der Waals surface area contributed by atoms with Crippen LogP contribution in [0.25, 0.3) is 0 Å². The average molecular weight is 317 g/mol. The number of sulfonamides is 1. The molecule has 8 nitrogen and oxygen atoms in total. The Morgan fingerprint density at radius 1 is 1.48 bits per heavy atom. The number of nitrogens with one attached hydrogen (secondary N) is 1. The summed E-state index contributed by atoms with van der Waals surface area (Å²) < 4.78 is 31.3. The second-order valence-corrected chi connectivity index (χ2v) is 6.48. The van der Waals surface area contributed by atoms with Crippen LogP contribution in [0.5, 0.6) is 0 Å². The summed E-state index contributed by atoms with van der Waals surface area (Å²) in [6.07, 6.45) is 0. The number of hydrogen-bond acceptors (Lipinski definition) is 6. The molecule has 9 heteroatoms. The Kier molecular flexibility index (Phi) is 5.64. The Balaban J connectivity index is 3.28. The molecule has 1 unspecified atom stereocenters. The highest BCUT2D eigenvalue weighted by Crippen LogP contribution is 2.28. The summed E-state index contributed by atoms with van der Waals surface area (Å²) in [6, 6.07) is 3.24. The van der Waals surface area contributed by atoms with E-state index in [-0.39, 0.29) is 28.9 Å². The van der Waals surface area contributed by atoms with Gasteiger partial charge in [0.2, 0.25) is 10.0 Å². The second-order valence-electron chi connectivity index (χ2n) is 4.51. The lowest BCUT2D eigenvalue weighted by atomic mass is 10.3. The van der Waals surface area contributed by atoms with E-state index in [0.717, 1.165) is 0 Å². The van der Waals surface area contributed by atoms with Gasteiger partial charge in [-0.05, 0) is 13.0 Å². The molecule has 0 aliphatic rings. The van der Waals surface area contributed by atoms with E-state index in [1.807, 2.05) is 0 Å². The van der Waals surface area contributed by atoms with Gasteiger partial charge in [-0.3, -0.25) is 10.1 Å². The first kappa shape index (κ1) is 17.3. The molecular weight excluding hydrogens is 298 g/mol. The highest BCUT2D eigenvalue weighted by atomic mass is 32.2. The van der Waals surface area contributed by atoms with Crippen LogP contribution >= 0.6 is 0 Å². The largest absolute Gasteiger partial charge is 0.387 e. The molecule has 1 aromatic carbocycles. The number of anilines is 1. The number of nitrogens with zero attached hydrogens (tertiary/aromatic N) is 2. The summed E-state index contributed by atoms with van der Waals surface area (Å²) >= 11 is 0. The summed E-state index contributed by atoms with van der Waals surface area (Å²) in [6.45, 7) is 1.96. The maximum atomic E-state index is 12.6. The van der Waals surface area contributed by atoms with Gasteiger partial charge in [0.05, 0.1) is 17.2 Å². The molecule has 0 saturated carbocycles. The first-order chi connectivity index (χ1) is 9.75. The zero-order valence-corrected chi connectivity index (χ0v) is 13.2. The number of hydrogen-bond donors (Lipinski definition) is 1. The van der Waals surface area contributed by atoms with Crippen LogP contribution in [0, 0.1) is 10.1 Å². The second kappa shape index (κ2) is 6.83. The quantitative estimate of drug-likeness (QED) is 0.600. The molecular formula is C12H19N3O5S. The topological polar surface area (TPSA) is 102 Å². The van der Waals surface area contributed by atoms with Crippen LogP contribution in [0.4, 0.5) is 11.4 Å². The Hall–Kier alpha value is -1.71. The molecule has 0 saturated heterocycles. The highest BCUT2D eigenvalue weighted by molar-refractivity contribution is 7.89. The van der Waals surface area contributed by atoms with E-state index < -0.39 is 14.9 Å². The minimum absolute atomic E-state index is 0.0129. The molecule has 21 heavy (non-hydrogen) atoms. The van der Waals surface area contributed by atoms with E-state index in [0.29, 0.717) is 0 Å². The van der Waals surface area contributed by atoms with Crippen LogP contribution in [0.1, 0.15) is 6.92 Å². The van der Waals surface area contributed by atoms with E-state index in [1.54, 1.807) is 6.92 Å². The fraction of sp³-hybridized carbons (Fsp3) is 0.500. The number of nitro groups is 1. The van der Waals surface area contributed by atoms with Gasteiger partial charge in [0.25, 0.3) is 5.69 Å². The summed E-state index contributed by atoms with van der Waals surface area (Å²) in [5.74, 6) is 0. The van der Waals surface area contributed by atoms with Crippen molar-refractivity contribution >= 4 is 21.4 Å². The Morgan fingerprint density at radius 2 is 2.10 bits per heavy atom. The third-order valence-corrected chi connectivity index (χ3v) is 5.16. The SMILES string of the molecule is CNc1cc([N+](=O)[O-])ccc1S(=O)(=O)N(C)C(C)COC. The van der Waals surface area contributed by atoms with E-state index >= 15 is 0 Å². The highest BCUT2D eigenvalue weighted by Gasteiger charge is 2.28. The number of non-ortho nitro benzene ring substituents is 1. The van der Waals surface area contributed by atoms with Crippen molar-refractivity contribution in [2.75, 3.05) is 33.1 Å². The molecule has 0 aromatic heterocycles. The van der Waals surface area contributed by atoms with Crippen molar-refractivity contribution in [1.29, 1.82) is 0 Å². The molecule has 1 rings (SSSR count). The van der Waals surface area contributed by atoms with Crippen molar-refractivity contribution in [1.82, 2.24) is 4.31 Å². The standard InChI is InChI=1S/C12H19N3O5S/c1-9(8-20-4)14(3)21(18,19)12-6-5-10(15(16)17)7-11(12)13-2/h5-7,9,13H,8H2,1-4H3. The Bertz CT molecular complexity index is 617. The molecule has 118 valence electrons. The van der Waals surface area contributed by atoms with Gasteiger partial charge >= 0.3 is 0 Å². The van der Waals surface area contributed by atoms with Crippen LogP contribution in [0.3, 0.4) is 0 Å². The summed E-state index contributed by atoms with van der Waals surface area (Å²) in [5, 5.41) is 13.4. The molecule has 1 atom stereocenters. The predicted octanol–water partition coefficient (Wildman–Crippen LogP) is 1.29. The van der Waals surface area contributed by atoms with Crippen LogP contribution in [-0.4, -0.2) is 51.5 Å². The van der Waals surface area contributed by atoms with Crippen molar-refractivity contribution < 1.29 is 18.1 Å². The summed E-state index contributed by atoms with van der Waals surface area (Å²) in [7, 11) is 0.665. The van der Waals surface area contributed by atoms with Gasteiger partial charge in [0, 0.05) is 39.4 Å². The molecule has 0 amide bonds. The number of rotatable bonds is 7. The Labute approximate surface area is 123 Å². The third-order valence-electron chi connectivity index (χ3n) is 3.13. The Morgan fingerprint density at radius 3 is 2.57 bits per heavy atom. The molecule has 0 aliphatic carbocycles. The van der Waals surface area contributed by atoms with Crippen LogP contribution in [-0.2, 0) is 14.8 Å². The number of methoxy groups -OCH3 is 1. The third kappa shape index (κ3) is 3.69. The lowest BCUT2D eigenvalue weighted by Gasteiger charge is -2.24. The fourth-order valence-corrected chi connectivity index (χ4v) is 3.31. The number of likely N-dealkylation sites (N-methyl/N-ethyl adjacent to an activating group) is 1. The molecule has 1 N–H and O–H groups in total.